The van der Waals surface area contributed by atoms with Crippen LogP contribution in [0.25, 0.3) is 21.5 Å². The van der Waals surface area contributed by atoms with Crippen molar-refractivity contribution < 1.29 is 14.4 Å². The summed E-state index contributed by atoms with van der Waals surface area (Å²) in [5.41, 5.74) is 2.11. The molecule has 2 amide bonds. The van der Waals surface area contributed by atoms with Crippen LogP contribution in [0.5, 0.6) is 0 Å². The first-order valence-electron chi connectivity index (χ1n) is 9.86. The van der Waals surface area contributed by atoms with Crippen LogP contribution in [0.15, 0.2) is 76.2 Å². The van der Waals surface area contributed by atoms with Crippen LogP contribution in [0.4, 0.5) is 5.82 Å². The first-order chi connectivity index (χ1) is 15.9. The number of thiophene rings is 1. The lowest BCUT2D eigenvalue weighted by atomic mass is 10.1. The normalized spacial score (nSPS) is 13.7. The maximum Gasteiger partial charge on any atom is 0.298 e. The van der Waals surface area contributed by atoms with E-state index in [1.165, 1.54) is 22.2 Å². The smallest absolute Gasteiger partial charge is 0.298 e. The van der Waals surface area contributed by atoms with Gasteiger partial charge in [-0.3, -0.25) is 14.4 Å². The Hall–Kier alpha value is -4.44. The summed E-state index contributed by atoms with van der Waals surface area (Å²) in [5.74, 6) is -1.98. The summed E-state index contributed by atoms with van der Waals surface area (Å²) < 4.78 is 1.24. The molecule has 0 radical (unpaired) electrons. The Morgan fingerprint density at radius 2 is 1.97 bits per heavy atom. The van der Waals surface area contributed by atoms with Crippen molar-refractivity contribution in [1.82, 2.24) is 14.8 Å². The maximum atomic E-state index is 12.9. The van der Waals surface area contributed by atoms with Crippen LogP contribution >= 0.6 is 11.3 Å². The molecule has 2 N–H and O–H groups in total. The van der Waals surface area contributed by atoms with Gasteiger partial charge in [0.15, 0.2) is 0 Å². The zero-order chi connectivity index (χ0) is 23.1. The standard InChI is InChI=1S/C23H16N6O3S/c1-12-13(2)25-23(27-21(12)31)29-19(10-17(28-29)18-8-5-9-33-18)26-22(32)20(30)15-11-24-16-7-4-3-6-14(15)16/h3-11,24H,1H2,2H3,(H,26,32). The van der Waals surface area contributed by atoms with Gasteiger partial charge in [-0.05, 0) is 24.4 Å². The highest BCUT2D eigenvalue weighted by atomic mass is 32.1. The molecule has 1 aliphatic rings. The van der Waals surface area contributed by atoms with Crippen LogP contribution in [-0.2, 0) is 9.59 Å². The first-order valence-corrected chi connectivity index (χ1v) is 10.7. The summed E-state index contributed by atoms with van der Waals surface area (Å²) in [6.07, 6.45) is 1.50. The van der Waals surface area contributed by atoms with E-state index in [4.69, 9.17) is 0 Å². The second-order valence-electron chi connectivity index (χ2n) is 7.23. The van der Waals surface area contributed by atoms with Crippen molar-refractivity contribution in [2.75, 3.05) is 5.32 Å². The van der Waals surface area contributed by atoms with Crippen LogP contribution < -0.4 is 5.32 Å². The summed E-state index contributed by atoms with van der Waals surface area (Å²) >= 11 is 1.45. The van der Waals surface area contributed by atoms with E-state index < -0.39 is 17.6 Å². The maximum absolute atomic E-state index is 12.9. The highest BCUT2D eigenvalue weighted by molar-refractivity contribution is 7.13. The molecule has 4 heterocycles. The van der Waals surface area contributed by atoms with Crippen LogP contribution in [-0.4, -0.2) is 44.0 Å². The number of aromatic amines is 1. The predicted molar refractivity (Wildman–Crippen MR) is 127 cm³/mol. The lowest BCUT2D eigenvalue weighted by Crippen LogP contribution is -2.28. The van der Waals surface area contributed by atoms with Gasteiger partial charge in [-0.25, -0.2) is 4.99 Å². The Bertz CT molecular complexity index is 1520. The van der Waals surface area contributed by atoms with Crippen molar-refractivity contribution in [3.05, 3.63) is 71.8 Å². The Balaban J connectivity index is 1.53. The van der Waals surface area contributed by atoms with E-state index in [2.05, 4.69) is 32.0 Å². The summed E-state index contributed by atoms with van der Waals surface area (Å²) in [5, 5.41) is 9.61. The number of carbonyl (C=O) groups excluding carboxylic acids is 3. The summed E-state index contributed by atoms with van der Waals surface area (Å²) in [6.45, 7) is 5.30. The Kier molecular flexibility index (Phi) is 4.91. The second-order valence-corrected chi connectivity index (χ2v) is 8.18. The summed E-state index contributed by atoms with van der Waals surface area (Å²) in [7, 11) is 0. The lowest BCUT2D eigenvalue weighted by Gasteiger charge is -2.12. The molecule has 0 saturated carbocycles. The van der Waals surface area contributed by atoms with Gasteiger partial charge in [-0.1, -0.05) is 30.8 Å². The van der Waals surface area contributed by atoms with E-state index >= 15 is 0 Å². The number of para-hydroxylation sites is 1. The van der Waals surface area contributed by atoms with Crippen molar-refractivity contribution in [3.63, 3.8) is 0 Å². The topological polar surface area (TPSA) is 122 Å². The number of benzene rings is 1. The van der Waals surface area contributed by atoms with E-state index in [1.54, 1.807) is 25.1 Å². The average molecular weight is 456 g/mol. The number of aliphatic imine (C=N–C) groups is 2. The molecule has 0 bridgehead atoms. The SMILES string of the molecule is C=C1C(=O)N=C(n2nc(-c3cccs3)cc2NC(=O)C(=O)c2c[nH]c3ccccc23)N=C1C. The van der Waals surface area contributed by atoms with E-state index in [0.717, 1.165) is 10.4 Å². The zero-order valence-corrected chi connectivity index (χ0v) is 18.1. The fourth-order valence-corrected chi connectivity index (χ4v) is 4.05. The van der Waals surface area contributed by atoms with Gasteiger partial charge in [0.25, 0.3) is 23.6 Å². The number of Topliss-reactive ketones (excluding diaryl/α,β-unsaturated/α-hetero) is 1. The fourth-order valence-electron chi connectivity index (χ4n) is 3.37. The van der Waals surface area contributed by atoms with Crippen LogP contribution in [0.1, 0.15) is 17.3 Å². The minimum atomic E-state index is -0.855. The number of rotatable bonds is 4. The van der Waals surface area contributed by atoms with Crippen LogP contribution in [0, 0.1) is 0 Å². The van der Waals surface area contributed by atoms with Crippen molar-refractivity contribution in [2.45, 2.75) is 6.92 Å². The third-order valence-electron chi connectivity index (χ3n) is 5.12. The molecule has 162 valence electrons. The number of nitrogens with zero attached hydrogens (tertiary/aromatic N) is 4. The van der Waals surface area contributed by atoms with E-state index in [9.17, 15) is 14.4 Å². The highest BCUT2D eigenvalue weighted by Gasteiger charge is 2.25. The Morgan fingerprint density at radius 3 is 2.73 bits per heavy atom. The van der Waals surface area contributed by atoms with E-state index in [1.807, 2.05) is 29.6 Å². The molecule has 33 heavy (non-hydrogen) atoms. The molecule has 0 atom stereocenters. The molecular weight excluding hydrogens is 440 g/mol. The number of H-pyrrole nitrogens is 1. The number of hydrogen-bond donors (Lipinski definition) is 2. The Morgan fingerprint density at radius 1 is 1.15 bits per heavy atom. The number of nitrogens with one attached hydrogen (secondary N) is 2. The van der Waals surface area contributed by atoms with E-state index in [0.29, 0.717) is 16.8 Å². The quantitative estimate of drug-likeness (QED) is 0.276. The molecule has 0 fully saturated rings. The van der Waals surface area contributed by atoms with Crippen molar-refractivity contribution in [2.24, 2.45) is 9.98 Å². The van der Waals surface area contributed by atoms with Gasteiger partial charge in [0, 0.05) is 23.2 Å². The molecule has 5 rings (SSSR count). The molecule has 0 unspecified atom stereocenters. The van der Waals surface area contributed by atoms with Crippen LogP contribution in [0.2, 0.25) is 0 Å². The third-order valence-corrected chi connectivity index (χ3v) is 6.01. The van der Waals surface area contributed by atoms with Crippen LogP contribution in [0.3, 0.4) is 0 Å². The van der Waals surface area contributed by atoms with Gasteiger partial charge in [0.2, 0.25) is 0 Å². The van der Waals surface area contributed by atoms with Crippen molar-refractivity contribution in [1.29, 1.82) is 0 Å². The summed E-state index contributed by atoms with van der Waals surface area (Å²) in [6, 6.07) is 12.5. The van der Waals surface area contributed by atoms with Gasteiger partial charge < -0.3 is 10.3 Å². The number of ketones is 1. The number of hydrogen-bond acceptors (Lipinski definition) is 6. The minimum absolute atomic E-state index is 0.0254. The highest BCUT2D eigenvalue weighted by Crippen LogP contribution is 2.27. The fraction of sp³-hybridized carbons (Fsp3) is 0.0435. The molecular formula is C23H16N6O3S. The number of carbonyl (C=O) groups is 3. The largest absolute Gasteiger partial charge is 0.360 e. The van der Waals surface area contributed by atoms with Gasteiger partial charge in [-0.15, -0.1) is 11.3 Å². The number of fused-ring (bicyclic) bond motifs is 1. The average Bonchev–Trinajstić information content (AvgIpc) is 3.56. The number of aromatic nitrogens is 3. The second kappa shape index (κ2) is 7.92. The predicted octanol–water partition coefficient (Wildman–Crippen LogP) is 3.68. The van der Waals surface area contributed by atoms with Gasteiger partial charge in [0.1, 0.15) is 11.5 Å². The number of anilines is 1. The molecule has 0 aliphatic carbocycles. The molecule has 0 saturated heterocycles. The summed E-state index contributed by atoms with van der Waals surface area (Å²) in [4.78, 5) is 50.0. The molecule has 4 aromatic rings. The van der Waals surface area contributed by atoms with Crippen molar-refractivity contribution in [3.8, 4) is 10.6 Å². The third kappa shape index (κ3) is 3.62. The minimum Gasteiger partial charge on any atom is -0.360 e. The molecule has 3 aromatic heterocycles. The van der Waals surface area contributed by atoms with Gasteiger partial charge in [-0.2, -0.15) is 14.8 Å². The van der Waals surface area contributed by atoms with Gasteiger partial charge >= 0.3 is 0 Å². The van der Waals surface area contributed by atoms with Gasteiger partial charge in [0.05, 0.1) is 21.7 Å². The Labute approximate surface area is 191 Å². The molecule has 0 spiro atoms. The van der Waals surface area contributed by atoms with E-state index in [-0.39, 0.29) is 22.9 Å². The van der Waals surface area contributed by atoms with Crippen molar-refractivity contribution >= 4 is 57.3 Å². The molecule has 1 aromatic carbocycles. The molecule has 9 nitrogen and oxygen atoms in total. The first kappa shape index (κ1) is 20.5. The monoisotopic (exact) mass is 456 g/mol. The molecule has 1 aliphatic heterocycles. The zero-order valence-electron chi connectivity index (χ0n) is 17.3. The molecule has 10 heteroatoms. The number of amides is 2. The lowest BCUT2D eigenvalue weighted by molar-refractivity contribution is -0.114.